The highest BCUT2D eigenvalue weighted by atomic mass is 16.5. The Morgan fingerprint density at radius 3 is 2.96 bits per heavy atom. The molecule has 2 N–H and O–H groups in total. The fourth-order valence-corrected chi connectivity index (χ4v) is 3.38. The van der Waals surface area contributed by atoms with E-state index in [2.05, 4.69) is 23.6 Å². The summed E-state index contributed by atoms with van der Waals surface area (Å²) in [7, 11) is 1.72. The molecule has 23 heavy (non-hydrogen) atoms. The van der Waals surface area contributed by atoms with Gasteiger partial charge in [0.1, 0.15) is 5.75 Å². The van der Waals surface area contributed by atoms with Crippen molar-refractivity contribution < 1.29 is 14.3 Å². The van der Waals surface area contributed by atoms with Gasteiger partial charge in [-0.25, -0.2) is 4.79 Å². The van der Waals surface area contributed by atoms with Crippen LogP contribution in [0.2, 0.25) is 0 Å². The first-order valence-electron chi connectivity index (χ1n) is 8.36. The van der Waals surface area contributed by atoms with Gasteiger partial charge in [-0.2, -0.15) is 0 Å². The zero-order valence-corrected chi connectivity index (χ0v) is 14.0. The van der Waals surface area contributed by atoms with Crippen molar-refractivity contribution in [2.24, 2.45) is 5.41 Å². The minimum absolute atomic E-state index is 0.0746. The number of benzene rings is 1. The van der Waals surface area contributed by atoms with Gasteiger partial charge in [-0.1, -0.05) is 19.1 Å². The maximum Gasteiger partial charge on any atom is 0.315 e. The molecule has 1 aliphatic heterocycles. The molecule has 1 atom stereocenters. The number of urea groups is 1. The maximum atomic E-state index is 12.2. The second-order valence-corrected chi connectivity index (χ2v) is 7.02. The Morgan fingerprint density at radius 2 is 2.26 bits per heavy atom. The molecule has 1 aromatic carbocycles. The van der Waals surface area contributed by atoms with E-state index in [1.165, 1.54) is 11.1 Å². The van der Waals surface area contributed by atoms with Gasteiger partial charge in [-0.3, -0.25) is 0 Å². The summed E-state index contributed by atoms with van der Waals surface area (Å²) in [6, 6.07) is 6.28. The first-order valence-corrected chi connectivity index (χ1v) is 8.36. The molecule has 0 spiro atoms. The molecule has 1 fully saturated rings. The van der Waals surface area contributed by atoms with Crippen LogP contribution in [-0.2, 0) is 17.6 Å². The lowest BCUT2D eigenvalue weighted by Gasteiger charge is -2.38. The molecule has 1 heterocycles. The summed E-state index contributed by atoms with van der Waals surface area (Å²) in [6.45, 7) is 4.24. The lowest BCUT2D eigenvalue weighted by Crippen LogP contribution is -2.52. The molecule has 0 bridgehead atoms. The standard InChI is InChI=1S/C18H26N2O3/c1-18(11-23-12-18)10-19-17(21)20-14-6-4-7-15-13(9-14)5-3-8-16(15)22-2/h3,5,8,14H,4,6-7,9-12H2,1-2H3,(H2,19,20,21). The Balaban J connectivity index is 1.57. The molecule has 2 amide bonds. The van der Waals surface area contributed by atoms with E-state index in [1.54, 1.807) is 7.11 Å². The van der Waals surface area contributed by atoms with Gasteiger partial charge in [-0.15, -0.1) is 0 Å². The third-order valence-electron chi connectivity index (χ3n) is 4.81. The molecule has 0 saturated carbocycles. The molecule has 1 unspecified atom stereocenters. The van der Waals surface area contributed by atoms with Crippen molar-refractivity contribution >= 4 is 6.03 Å². The third-order valence-corrected chi connectivity index (χ3v) is 4.81. The topological polar surface area (TPSA) is 59.6 Å². The van der Waals surface area contributed by atoms with E-state index in [4.69, 9.17) is 9.47 Å². The summed E-state index contributed by atoms with van der Waals surface area (Å²) in [5.74, 6) is 0.963. The highest BCUT2D eigenvalue weighted by molar-refractivity contribution is 5.74. The second-order valence-electron chi connectivity index (χ2n) is 7.02. The van der Waals surface area contributed by atoms with Crippen molar-refractivity contribution in [3.8, 4) is 5.75 Å². The number of carbonyl (C=O) groups excluding carboxylic acids is 1. The smallest absolute Gasteiger partial charge is 0.315 e. The molecule has 0 aromatic heterocycles. The van der Waals surface area contributed by atoms with Crippen molar-refractivity contribution in [2.45, 2.75) is 38.6 Å². The number of amides is 2. The monoisotopic (exact) mass is 318 g/mol. The Bertz CT molecular complexity index is 569. The molecule has 3 rings (SSSR count). The molecule has 1 aromatic rings. The van der Waals surface area contributed by atoms with E-state index in [0.717, 1.165) is 44.6 Å². The van der Waals surface area contributed by atoms with Crippen LogP contribution in [0.25, 0.3) is 0 Å². The van der Waals surface area contributed by atoms with Gasteiger partial charge in [-0.05, 0) is 42.9 Å². The molecule has 5 nitrogen and oxygen atoms in total. The number of hydrogen-bond donors (Lipinski definition) is 2. The average molecular weight is 318 g/mol. The van der Waals surface area contributed by atoms with Gasteiger partial charge >= 0.3 is 6.03 Å². The van der Waals surface area contributed by atoms with Crippen LogP contribution in [0.4, 0.5) is 4.79 Å². The molecular weight excluding hydrogens is 292 g/mol. The second kappa shape index (κ2) is 6.79. The molecule has 2 aliphatic rings. The van der Waals surface area contributed by atoms with Gasteiger partial charge in [0.05, 0.1) is 20.3 Å². The summed E-state index contributed by atoms with van der Waals surface area (Å²) in [5, 5.41) is 6.11. The fourth-order valence-electron chi connectivity index (χ4n) is 3.38. The van der Waals surface area contributed by atoms with E-state index in [9.17, 15) is 4.79 Å². The molecule has 1 saturated heterocycles. The number of rotatable bonds is 4. The predicted octanol–water partition coefficient (Wildman–Crippen LogP) is 2.28. The molecular formula is C18H26N2O3. The van der Waals surface area contributed by atoms with Crippen molar-refractivity contribution in [1.29, 1.82) is 0 Å². The van der Waals surface area contributed by atoms with Gasteiger partial charge < -0.3 is 20.1 Å². The summed E-state index contributed by atoms with van der Waals surface area (Å²) in [5.41, 5.74) is 2.67. The van der Waals surface area contributed by atoms with Crippen LogP contribution >= 0.6 is 0 Å². The summed E-state index contributed by atoms with van der Waals surface area (Å²) < 4.78 is 10.7. The van der Waals surface area contributed by atoms with Crippen LogP contribution in [0, 0.1) is 5.41 Å². The lowest BCUT2D eigenvalue weighted by molar-refractivity contribution is -0.0975. The van der Waals surface area contributed by atoms with Crippen molar-refractivity contribution in [2.75, 3.05) is 26.9 Å². The minimum atomic E-state index is -0.0746. The number of hydrogen-bond acceptors (Lipinski definition) is 3. The van der Waals surface area contributed by atoms with E-state index >= 15 is 0 Å². The fraction of sp³-hybridized carbons (Fsp3) is 0.611. The van der Waals surface area contributed by atoms with E-state index < -0.39 is 0 Å². The summed E-state index contributed by atoms with van der Waals surface area (Å²) in [6.07, 6.45) is 3.92. The maximum absolute atomic E-state index is 12.2. The highest BCUT2D eigenvalue weighted by Gasteiger charge is 2.33. The first-order chi connectivity index (χ1) is 11.1. The predicted molar refractivity (Wildman–Crippen MR) is 88.9 cm³/mol. The van der Waals surface area contributed by atoms with Gasteiger partial charge in [0.25, 0.3) is 0 Å². The highest BCUT2D eigenvalue weighted by Crippen LogP contribution is 2.29. The van der Waals surface area contributed by atoms with Gasteiger partial charge in [0, 0.05) is 18.0 Å². The van der Waals surface area contributed by atoms with Crippen LogP contribution in [0.3, 0.4) is 0 Å². The Hall–Kier alpha value is -1.75. The largest absolute Gasteiger partial charge is 0.496 e. The number of carbonyl (C=O) groups is 1. The SMILES string of the molecule is COc1cccc2c1CCCC(NC(=O)NCC1(C)COC1)C2. The van der Waals surface area contributed by atoms with Crippen molar-refractivity contribution in [1.82, 2.24) is 10.6 Å². The van der Waals surface area contributed by atoms with E-state index in [1.807, 2.05) is 12.1 Å². The van der Waals surface area contributed by atoms with Crippen LogP contribution in [0.15, 0.2) is 18.2 Å². The molecule has 5 heteroatoms. The van der Waals surface area contributed by atoms with Gasteiger partial charge in [0.2, 0.25) is 0 Å². The molecule has 1 aliphatic carbocycles. The van der Waals surface area contributed by atoms with Crippen LogP contribution in [0.5, 0.6) is 5.75 Å². The Labute approximate surface area is 137 Å². The summed E-state index contributed by atoms with van der Waals surface area (Å²) >= 11 is 0. The number of fused-ring (bicyclic) bond motifs is 1. The molecule has 0 radical (unpaired) electrons. The average Bonchev–Trinajstić information content (AvgIpc) is 2.72. The Morgan fingerprint density at radius 1 is 1.43 bits per heavy atom. The third kappa shape index (κ3) is 3.78. The zero-order valence-electron chi connectivity index (χ0n) is 14.0. The zero-order chi connectivity index (χ0) is 16.3. The van der Waals surface area contributed by atoms with E-state index in [0.29, 0.717) is 6.54 Å². The Kier molecular flexibility index (Phi) is 4.76. The minimum Gasteiger partial charge on any atom is -0.496 e. The van der Waals surface area contributed by atoms with Crippen LogP contribution in [0.1, 0.15) is 30.9 Å². The van der Waals surface area contributed by atoms with Crippen LogP contribution in [-0.4, -0.2) is 38.9 Å². The normalized spacial score (nSPS) is 22.3. The van der Waals surface area contributed by atoms with Crippen LogP contribution < -0.4 is 15.4 Å². The number of ether oxygens (including phenoxy) is 2. The first kappa shape index (κ1) is 16.1. The summed E-state index contributed by atoms with van der Waals surface area (Å²) in [4.78, 5) is 12.2. The van der Waals surface area contributed by atoms with E-state index in [-0.39, 0.29) is 17.5 Å². The van der Waals surface area contributed by atoms with Gasteiger partial charge in [0.15, 0.2) is 0 Å². The number of methoxy groups -OCH3 is 1. The number of nitrogens with one attached hydrogen (secondary N) is 2. The van der Waals surface area contributed by atoms with Crippen molar-refractivity contribution in [3.63, 3.8) is 0 Å². The quantitative estimate of drug-likeness (QED) is 0.837. The molecule has 126 valence electrons. The van der Waals surface area contributed by atoms with Crippen molar-refractivity contribution in [3.05, 3.63) is 29.3 Å². The lowest BCUT2D eigenvalue weighted by atomic mass is 9.89.